The van der Waals surface area contributed by atoms with Crippen LogP contribution >= 0.6 is 55.1 Å². The highest BCUT2D eigenvalue weighted by atomic mass is 79.9. The van der Waals surface area contributed by atoms with E-state index >= 15 is 0 Å². The molecule has 1 atom stereocenters. The molecule has 100 valence electrons. The van der Waals surface area contributed by atoms with Gasteiger partial charge >= 0.3 is 0 Å². The summed E-state index contributed by atoms with van der Waals surface area (Å²) in [4.78, 5) is 0. The van der Waals surface area contributed by atoms with E-state index in [1.54, 1.807) is 0 Å². The zero-order chi connectivity index (χ0) is 13.8. The van der Waals surface area contributed by atoms with Crippen LogP contribution in [0.15, 0.2) is 46.9 Å². The highest BCUT2D eigenvalue weighted by Crippen LogP contribution is 2.33. The molecule has 0 aliphatic heterocycles. The molecule has 0 fully saturated rings. The maximum Gasteiger partial charge on any atom is 0.0624 e. The monoisotopic (exact) mass is 420 g/mol. The molecule has 0 aromatic heterocycles. The lowest BCUT2D eigenvalue weighted by molar-refractivity contribution is 0.772. The molecular formula is C15H12Br2Cl2. The van der Waals surface area contributed by atoms with Crippen molar-refractivity contribution in [3.8, 4) is 0 Å². The summed E-state index contributed by atoms with van der Waals surface area (Å²) in [6, 6.07) is 14.0. The normalized spacial score (nSPS) is 12.4. The van der Waals surface area contributed by atoms with E-state index in [0.717, 1.165) is 21.8 Å². The van der Waals surface area contributed by atoms with Gasteiger partial charge in [0.05, 0.1) is 10.0 Å². The Morgan fingerprint density at radius 1 is 1.00 bits per heavy atom. The standard InChI is InChI=1S/C15H12Br2Cl2/c16-9-11(12-5-1-2-6-13(12)17)8-10-4-3-7-14(18)15(10)19/h1-7,11H,8-9H2. The van der Waals surface area contributed by atoms with Crippen LogP contribution in [0.1, 0.15) is 17.0 Å². The van der Waals surface area contributed by atoms with Gasteiger partial charge in [-0.25, -0.2) is 0 Å². The van der Waals surface area contributed by atoms with Crippen LogP contribution in [0.3, 0.4) is 0 Å². The van der Waals surface area contributed by atoms with Crippen LogP contribution in [0.5, 0.6) is 0 Å². The number of halogens is 4. The van der Waals surface area contributed by atoms with Gasteiger partial charge in [0.2, 0.25) is 0 Å². The first-order chi connectivity index (χ1) is 9.13. The van der Waals surface area contributed by atoms with Gasteiger partial charge < -0.3 is 0 Å². The lowest BCUT2D eigenvalue weighted by Gasteiger charge is -2.17. The van der Waals surface area contributed by atoms with Crippen molar-refractivity contribution in [1.82, 2.24) is 0 Å². The first kappa shape index (κ1) is 15.4. The Kier molecular flexibility index (Phi) is 5.76. The molecule has 0 saturated heterocycles. The van der Waals surface area contributed by atoms with E-state index < -0.39 is 0 Å². The van der Waals surface area contributed by atoms with E-state index in [9.17, 15) is 0 Å². The number of hydrogen-bond acceptors (Lipinski definition) is 0. The Bertz CT molecular complexity index is 570. The Morgan fingerprint density at radius 3 is 2.42 bits per heavy atom. The van der Waals surface area contributed by atoms with E-state index in [1.807, 2.05) is 24.3 Å². The zero-order valence-corrected chi connectivity index (χ0v) is 14.7. The Labute approximate surface area is 140 Å². The molecule has 0 bridgehead atoms. The van der Waals surface area contributed by atoms with Gasteiger partial charge in [-0.15, -0.1) is 0 Å². The molecule has 2 aromatic rings. The Morgan fingerprint density at radius 2 is 1.74 bits per heavy atom. The van der Waals surface area contributed by atoms with Crippen LogP contribution in [0.25, 0.3) is 0 Å². The molecule has 0 amide bonds. The summed E-state index contributed by atoms with van der Waals surface area (Å²) in [5.74, 6) is 0.353. The topological polar surface area (TPSA) is 0 Å². The molecule has 2 aromatic carbocycles. The van der Waals surface area contributed by atoms with Crippen LogP contribution in [0, 0.1) is 0 Å². The molecule has 0 aliphatic carbocycles. The van der Waals surface area contributed by atoms with Gasteiger partial charge in [0, 0.05) is 9.80 Å². The Hall–Kier alpha value is -0.0200. The van der Waals surface area contributed by atoms with Gasteiger partial charge in [-0.2, -0.15) is 0 Å². The second-order valence-electron chi connectivity index (χ2n) is 4.29. The summed E-state index contributed by atoms with van der Waals surface area (Å²) in [6.45, 7) is 0. The molecule has 0 heterocycles. The fourth-order valence-corrected chi connectivity index (χ4v) is 3.61. The van der Waals surface area contributed by atoms with Crippen LogP contribution in [-0.2, 0) is 6.42 Å². The van der Waals surface area contributed by atoms with Crippen molar-refractivity contribution in [2.45, 2.75) is 12.3 Å². The summed E-state index contributed by atoms with van der Waals surface area (Å²) < 4.78 is 1.12. The van der Waals surface area contributed by atoms with Crippen molar-refractivity contribution < 1.29 is 0 Å². The van der Waals surface area contributed by atoms with Crippen molar-refractivity contribution in [3.63, 3.8) is 0 Å². The van der Waals surface area contributed by atoms with Crippen LogP contribution in [0.4, 0.5) is 0 Å². The largest absolute Gasteiger partial charge is 0.0921 e. The first-order valence-electron chi connectivity index (χ1n) is 5.86. The van der Waals surface area contributed by atoms with E-state index in [0.29, 0.717) is 16.0 Å². The molecule has 0 nitrogen and oxygen atoms in total. The smallest absolute Gasteiger partial charge is 0.0624 e. The fraction of sp³-hybridized carbons (Fsp3) is 0.200. The summed E-state index contributed by atoms with van der Waals surface area (Å²) >= 11 is 19.5. The van der Waals surface area contributed by atoms with Gasteiger partial charge in [-0.05, 0) is 35.6 Å². The predicted octanol–water partition coefficient (Wildman–Crippen LogP) is 6.48. The molecular weight excluding hydrogens is 411 g/mol. The van der Waals surface area contributed by atoms with Crippen molar-refractivity contribution in [2.24, 2.45) is 0 Å². The predicted molar refractivity (Wildman–Crippen MR) is 90.8 cm³/mol. The minimum Gasteiger partial charge on any atom is -0.0921 e. The van der Waals surface area contributed by atoms with Crippen LogP contribution in [0.2, 0.25) is 10.0 Å². The minimum absolute atomic E-state index is 0.353. The third kappa shape index (κ3) is 3.75. The molecule has 0 N–H and O–H groups in total. The number of alkyl halides is 1. The SMILES string of the molecule is Clc1cccc(CC(CBr)c2ccccc2Br)c1Cl. The average molecular weight is 423 g/mol. The van der Waals surface area contributed by atoms with Crippen LogP contribution < -0.4 is 0 Å². The lowest BCUT2D eigenvalue weighted by atomic mass is 9.94. The number of benzene rings is 2. The highest BCUT2D eigenvalue weighted by molar-refractivity contribution is 9.10. The molecule has 0 radical (unpaired) electrons. The van der Waals surface area contributed by atoms with Gasteiger partial charge in [0.15, 0.2) is 0 Å². The highest BCUT2D eigenvalue weighted by Gasteiger charge is 2.16. The second kappa shape index (κ2) is 7.12. The van der Waals surface area contributed by atoms with Crippen LogP contribution in [-0.4, -0.2) is 5.33 Å². The summed E-state index contributed by atoms with van der Waals surface area (Å²) in [6.07, 6.45) is 0.854. The van der Waals surface area contributed by atoms with E-state index in [-0.39, 0.29) is 0 Å². The summed E-state index contributed by atoms with van der Waals surface area (Å²) in [5, 5.41) is 2.14. The minimum atomic E-state index is 0.353. The van der Waals surface area contributed by atoms with Gasteiger partial charge in [-0.3, -0.25) is 0 Å². The quantitative estimate of drug-likeness (QED) is 0.495. The molecule has 0 spiro atoms. The van der Waals surface area contributed by atoms with Gasteiger partial charge in [0.25, 0.3) is 0 Å². The maximum absolute atomic E-state index is 6.26. The van der Waals surface area contributed by atoms with Crippen molar-refractivity contribution in [1.29, 1.82) is 0 Å². The van der Waals surface area contributed by atoms with Gasteiger partial charge in [0.1, 0.15) is 0 Å². The molecule has 1 unspecified atom stereocenters. The molecule has 19 heavy (non-hydrogen) atoms. The summed E-state index contributed by atoms with van der Waals surface area (Å²) in [5.41, 5.74) is 2.35. The maximum atomic E-state index is 6.26. The van der Waals surface area contributed by atoms with E-state index in [4.69, 9.17) is 23.2 Å². The molecule has 2 rings (SSSR count). The first-order valence-corrected chi connectivity index (χ1v) is 8.53. The van der Waals surface area contributed by atoms with Crippen molar-refractivity contribution in [3.05, 3.63) is 68.1 Å². The Balaban J connectivity index is 2.30. The second-order valence-corrected chi connectivity index (χ2v) is 6.58. The number of hydrogen-bond donors (Lipinski definition) is 0. The summed E-state index contributed by atoms with van der Waals surface area (Å²) in [7, 11) is 0. The average Bonchev–Trinajstić information content (AvgIpc) is 2.41. The van der Waals surface area contributed by atoms with Crippen molar-refractivity contribution in [2.75, 3.05) is 5.33 Å². The lowest BCUT2D eigenvalue weighted by Crippen LogP contribution is -2.06. The molecule has 0 aliphatic rings. The third-order valence-corrected chi connectivity index (χ3v) is 5.39. The third-order valence-electron chi connectivity index (χ3n) is 3.03. The molecule has 4 heteroatoms. The van der Waals surface area contributed by atoms with Crippen molar-refractivity contribution >= 4 is 55.1 Å². The van der Waals surface area contributed by atoms with E-state index in [2.05, 4.69) is 50.1 Å². The van der Waals surface area contributed by atoms with Gasteiger partial charge in [-0.1, -0.05) is 85.4 Å². The zero-order valence-electron chi connectivity index (χ0n) is 10.0. The number of rotatable bonds is 4. The molecule has 0 saturated carbocycles. The fourth-order valence-electron chi connectivity index (χ4n) is 2.03. The van der Waals surface area contributed by atoms with E-state index in [1.165, 1.54) is 5.56 Å².